The summed E-state index contributed by atoms with van der Waals surface area (Å²) in [5, 5.41) is 24.3. The minimum absolute atomic E-state index is 0. The summed E-state index contributed by atoms with van der Waals surface area (Å²) < 4.78 is 68.4. The van der Waals surface area contributed by atoms with Crippen molar-refractivity contribution in [3.8, 4) is 0 Å². The first-order valence-corrected chi connectivity index (χ1v) is 13.7. The monoisotopic (exact) mass is 605 g/mol. The number of nitrogens with zero attached hydrogens (tertiary/aromatic N) is 5. The second-order valence-corrected chi connectivity index (χ2v) is 10.6. The first-order chi connectivity index (χ1) is 17.8. The van der Waals surface area contributed by atoms with Gasteiger partial charge in [-0.2, -0.15) is 15.3 Å². The van der Waals surface area contributed by atoms with Gasteiger partial charge >= 0.3 is 65.1 Å². The summed E-state index contributed by atoms with van der Waals surface area (Å²) >= 11 is 0. The number of rotatable bonds is 11. The summed E-state index contributed by atoms with van der Waals surface area (Å²) in [5.74, 6) is -0.865. The minimum Gasteiger partial charge on any atom is -0.744 e. The van der Waals surface area contributed by atoms with Crippen molar-refractivity contribution < 1.29 is 95.0 Å². The number of carbonyl (C=O) groups is 1. The SMILES string of the molecule is CN(CCCC(=O)O)c1ccc(/N=N/c2ccc(/N=N/c3ccc(S(=O)(=O)[O-])cc3)cc2S(=O)(=O)[O-])cc1.[Na+].[Na+]. The summed E-state index contributed by atoms with van der Waals surface area (Å²) in [6.07, 6.45) is 0.539. The smallest absolute Gasteiger partial charge is 0.744 e. The molecule has 0 aliphatic rings. The van der Waals surface area contributed by atoms with Crippen LogP contribution in [0.2, 0.25) is 0 Å². The van der Waals surface area contributed by atoms with E-state index in [2.05, 4.69) is 20.5 Å². The summed E-state index contributed by atoms with van der Waals surface area (Å²) in [6, 6.07) is 14.9. The molecule has 3 aromatic carbocycles. The maximum absolute atomic E-state index is 11.8. The van der Waals surface area contributed by atoms with Crippen molar-refractivity contribution in [3.05, 3.63) is 66.7 Å². The molecule has 3 aromatic rings. The zero-order valence-electron chi connectivity index (χ0n) is 21.8. The van der Waals surface area contributed by atoms with Crippen molar-refractivity contribution in [2.45, 2.75) is 22.6 Å². The van der Waals surface area contributed by atoms with Crippen molar-refractivity contribution in [2.24, 2.45) is 20.5 Å². The van der Waals surface area contributed by atoms with E-state index in [0.29, 0.717) is 18.7 Å². The molecule has 0 atom stereocenters. The summed E-state index contributed by atoms with van der Waals surface area (Å²) in [4.78, 5) is 11.4. The first kappa shape index (κ1) is 36.0. The number of azo groups is 2. The van der Waals surface area contributed by atoms with E-state index in [1.165, 1.54) is 24.3 Å². The Bertz CT molecular complexity index is 1580. The molecule has 40 heavy (non-hydrogen) atoms. The standard InChI is InChI=1S/C23H23N5O8S2.2Na/c1-28(14-2-3-23(29)30)19-9-4-16(5-10-19)25-27-21-13-8-18(15-22(21)38(34,35)36)26-24-17-6-11-20(12-7-17)37(31,32)33;;/h4-13,15H,2-3,14H2,1H3,(H,29,30)(H,31,32,33)(H,34,35,36);;/q;2*+1/p-2/b26-24+,27-25+;;. The molecule has 13 nitrogen and oxygen atoms in total. The molecule has 0 radical (unpaired) electrons. The molecule has 0 bridgehead atoms. The quantitative estimate of drug-likeness (QED) is 0.155. The summed E-state index contributed by atoms with van der Waals surface area (Å²) in [6.45, 7) is 0.537. The van der Waals surface area contributed by atoms with Gasteiger partial charge in [0.2, 0.25) is 0 Å². The van der Waals surface area contributed by atoms with Crippen molar-refractivity contribution in [3.63, 3.8) is 0 Å². The Morgan fingerprint density at radius 2 is 1.27 bits per heavy atom. The van der Waals surface area contributed by atoms with E-state index in [9.17, 15) is 30.7 Å². The van der Waals surface area contributed by atoms with Crippen LogP contribution in [0.4, 0.5) is 28.4 Å². The van der Waals surface area contributed by atoms with Gasteiger partial charge in [-0.15, -0.1) is 5.11 Å². The molecule has 200 valence electrons. The fourth-order valence-electron chi connectivity index (χ4n) is 3.12. The van der Waals surface area contributed by atoms with Gasteiger partial charge in [-0.1, -0.05) is 0 Å². The molecule has 0 aliphatic heterocycles. The van der Waals surface area contributed by atoms with E-state index in [0.717, 1.165) is 23.9 Å². The third kappa shape index (κ3) is 11.1. The predicted octanol–water partition coefficient (Wildman–Crippen LogP) is -1.37. The Balaban J connectivity index is 0.00000400. The zero-order valence-corrected chi connectivity index (χ0v) is 27.5. The largest absolute Gasteiger partial charge is 1.00 e. The fourth-order valence-corrected chi connectivity index (χ4v) is 4.22. The van der Waals surface area contributed by atoms with Gasteiger partial charge in [0, 0.05) is 25.7 Å². The van der Waals surface area contributed by atoms with Crippen LogP contribution in [0.25, 0.3) is 0 Å². The van der Waals surface area contributed by atoms with Crippen molar-refractivity contribution in [1.29, 1.82) is 0 Å². The van der Waals surface area contributed by atoms with Gasteiger partial charge in [0.15, 0.2) is 0 Å². The van der Waals surface area contributed by atoms with Crippen LogP contribution in [0.5, 0.6) is 0 Å². The van der Waals surface area contributed by atoms with Crippen LogP contribution >= 0.6 is 0 Å². The maximum atomic E-state index is 11.8. The zero-order chi connectivity index (χ0) is 27.9. The number of carboxylic acids is 1. The number of hydrogen-bond donors (Lipinski definition) is 1. The number of anilines is 1. The van der Waals surface area contributed by atoms with E-state index in [4.69, 9.17) is 5.11 Å². The molecule has 0 fully saturated rings. The normalized spacial score (nSPS) is 11.7. The van der Waals surface area contributed by atoms with E-state index in [1.54, 1.807) is 24.3 Å². The van der Waals surface area contributed by atoms with Gasteiger partial charge in [-0.05, 0) is 73.2 Å². The molecule has 0 aromatic heterocycles. The number of hydrogen-bond acceptors (Lipinski definition) is 12. The fraction of sp³-hybridized carbons (Fsp3) is 0.174. The second-order valence-electron chi connectivity index (χ2n) is 7.89. The molecule has 1 N–H and O–H groups in total. The molecular weight excluding hydrogens is 584 g/mol. The van der Waals surface area contributed by atoms with Gasteiger partial charge in [-0.3, -0.25) is 4.79 Å². The molecule has 0 spiro atoms. The third-order valence-electron chi connectivity index (χ3n) is 5.07. The van der Waals surface area contributed by atoms with Crippen LogP contribution in [-0.4, -0.2) is 50.6 Å². The van der Waals surface area contributed by atoms with Crippen LogP contribution in [0.15, 0.2) is 97.0 Å². The Kier molecular flexibility index (Phi) is 14.2. The van der Waals surface area contributed by atoms with Gasteiger partial charge < -0.3 is 19.1 Å². The van der Waals surface area contributed by atoms with Crippen molar-refractivity contribution in [1.82, 2.24) is 0 Å². The predicted molar refractivity (Wildman–Crippen MR) is 134 cm³/mol. The topological polar surface area (TPSA) is 204 Å². The molecule has 0 saturated carbocycles. The molecular formula is C23H21N5Na2O8S2. The molecule has 0 aliphatic carbocycles. The Morgan fingerprint density at radius 1 is 0.775 bits per heavy atom. The Labute approximate surface area is 275 Å². The van der Waals surface area contributed by atoms with Crippen LogP contribution in [0.3, 0.4) is 0 Å². The molecule has 0 heterocycles. The first-order valence-electron chi connectivity index (χ1n) is 10.9. The van der Waals surface area contributed by atoms with E-state index < -0.39 is 36.0 Å². The Hall–Kier alpha value is -2.05. The van der Waals surface area contributed by atoms with Gasteiger partial charge in [0.05, 0.1) is 26.9 Å². The second kappa shape index (κ2) is 15.8. The summed E-state index contributed by atoms with van der Waals surface area (Å²) in [5.41, 5.74) is 1.18. The van der Waals surface area contributed by atoms with Crippen LogP contribution in [0, 0.1) is 0 Å². The summed E-state index contributed by atoms with van der Waals surface area (Å²) in [7, 11) is -7.75. The van der Waals surface area contributed by atoms with Crippen LogP contribution < -0.4 is 64.0 Å². The molecule has 0 amide bonds. The molecule has 0 unspecified atom stereocenters. The van der Waals surface area contributed by atoms with E-state index in [1.807, 2.05) is 11.9 Å². The number of carboxylic acid groups (broad SMARTS) is 1. The minimum atomic E-state index is -4.95. The molecule has 3 rings (SSSR count). The Morgan fingerprint density at radius 3 is 1.80 bits per heavy atom. The van der Waals surface area contributed by atoms with Crippen molar-refractivity contribution >= 4 is 54.6 Å². The van der Waals surface area contributed by atoms with Gasteiger partial charge in [-0.25, -0.2) is 16.8 Å². The van der Waals surface area contributed by atoms with Crippen LogP contribution in [0.1, 0.15) is 12.8 Å². The molecule has 17 heteroatoms. The molecule has 0 saturated heterocycles. The van der Waals surface area contributed by atoms with E-state index >= 15 is 0 Å². The average Bonchev–Trinajstić information content (AvgIpc) is 2.85. The van der Waals surface area contributed by atoms with Crippen molar-refractivity contribution in [2.75, 3.05) is 18.5 Å². The van der Waals surface area contributed by atoms with E-state index in [-0.39, 0.29) is 82.6 Å². The van der Waals surface area contributed by atoms with Gasteiger partial charge in [0.25, 0.3) is 0 Å². The average molecular weight is 606 g/mol. The number of benzene rings is 3. The third-order valence-corrected chi connectivity index (χ3v) is 6.78. The van der Waals surface area contributed by atoms with Gasteiger partial charge in [0.1, 0.15) is 25.9 Å². The van der Waals surface area contributed by atoms with Crippen LogP contribution in [-0.2, 0) is 25.0 Å². The number of aliphatic carboxylic acids is 1. The maximum Gasteiger partial charge on any atom is 1.00 e.